The molecule has 0 bridgehead atoms. The molecule has 0 amide bonds. The van der Waals surface area contributed by atoms with Crippen LogP contribution in [0, 0.1) is 0 Å². The van der Waals surface area contributed by atoms with Gasteiger partial charge in [-0.3, -0.25) is 0 Å². The molecule has 4 heteroatoms. The Labute approximate surface area is 106 Å². The summed E-state index contributed by atoms with van der Waals surface area (Å²) in [6, 6.07) is 5.41. The largest absolute Gasteiger partial charge is 0.462 e. The molecular formula is C13H17ClO3. The first kappa shape index (κ1) is 12.7. The van der Waals surface area contributed by atoms with Gasteiger partial charge in [0.25, 0.3) is 0 Å². The van der Waals surface area contributed by atoms with E-state index in [0.717, 1.165) is 24.2 Å². The molecule has 0 saturated carbocycles. The van der Waals surface area contributed by atoms with Gasteiger partial charge in [0, 0.05) is 23.4 Å². The molecule has 1 N–H and O–H groups in total. The molecule has 94 valence electrons. The normalized spacial score (nSPS) is 21.8. The van der Waals surface area contributed by atoms with Crippen molar-refractivity contribution < 1.29 is 14.6 Å². The van der Waals surface area contributed by atoms with Gasteiger partial charge in [0.1, 0.15) is 11.9 Å². The summed E-state index contributed by atoms with van der Waals surface area (Å²) < 4.78 is 11.8. The minimum atomic E-state index is -0.631. The van der Waals surface area contributed by atoms with Gasteiger partial charge in [-0.05, 0) is 18.2 Å². The molecule has 0 radical (unpaired) electrons. The third-order valence-corrected chi connectivity index (χ3v) is 3.45. The summed E-state index contributed by atoms with van der Waals surface area (Å²) in [6.07, 6.45) is 1.11. The third-order valence-electron chi connectivity index (χ3n) is 3.21. The number of hydrogen-bond donors (Lipinski definition) is 1. The lowest BCUT2D eigenvalue weighted by atomic mass is 10.0. The van der Waals surface area contributed by atoms with E-state index in [-0.39, 0.29) is 12.7 Å². The van der Waals surface area contributed by atoms with Crippen molar-refractivity contribution >= 4 is 11.6 Å². The third kappa shape index (κ3) is 2.28. The van der Waals surface area contributed by atoms with Gasteiger partial charge in [-0.15, -0.1) is 0 Å². The van der Waals surface area contributed by atoms with Crippen molar-refractivity contribution in [3.05, 3.63) is 28.8 Å². The molecule has 0 fully saturated rings. The SMILES string of the molecule is CCC1(CC)Oc2ccc(Cl)cc2C(CO)O1. The van der Waals surface area contributed by atoms with Crippen LogP contribution in [-0.4, -0.2) is 17.5 Å². The zero-order chi connectivity index (χ0) is 12.5. The van der Waals surface area contributed by atoms with Gasteiger partial charge in [0.05, 0.1) is 6.61 Å². The quantitative estimate of drug-likeness (QED) is 0.902. The number of fused-ring (bicyclic) bond motifs is 1. The van der Waals surface area contributed by atoms with Crippen LogP contribution in [0.15, 0.2) is 18.2 Å². The lowest BCUT2D eigenvalue weighted by Crippen LogP contribution is -2.43. The molecule has 0 spiro atoms. The van der Waals surface area contributed by atoms with E-state index in [1.165, 1.54) is 0 Å². The first-order valence-electron chi connectivity index (χ1n) is 5.91. The molecule has 1 aliphatic rings. The Balaban J connectivity index is 2.42. The van der Waals surface area contributed by atoms with Crippen molar-refractivity contribution in [2.75, 3.05) is 6.61 Å². The van der Waals surface area contributed by atoms with Crippen molar-refractivity contribution in [3.8, 4) is 5.75 Å². The first-order valence-corrected chi connectivity index (χ1v) is 6.29. The van der Waals surface area contributed by atoms with E-state index < -0.39 is 5.79 Å². The highest BCUT2D eigenvalue weighted by atomic mass is 35.5. The number of benzene rings is 1. The summed E-state index contributed by atoms with van der Waals surface area (Å²) in [7, 11) is 0. The predicted molar refractivity (Wildman–Crippen MR) is 66.3 cm³/mol. The van der Waals surface area contributed by atoms with Crippen LogP contribution in [0.1, 0.15) is 38.4 Å². The maximum absolute atomic E-state index is 9.43. The van der Waals surface area contributed by atoms with Crippen molar-refractivity contribution in [2.45, 2.75) is 38.6 Å². The molecule has 1 aliphatic heterocycles. The van der Waals surface area contributed by atoms with Gasteiger partial charge in [0.15, 0.2) is 0 Å². The van der Waals surface area contributed by atoms with Crippen molar-refractivity contribution in [1.29, 1.82) is 0 Å². The maximum atomic E-state index is 9.43. The highest BCUT2D eigenvalue weighted by Crippen LogP contribution is 2.42. The van der Waals surface area contributed by atoms with Gasteiger partial charge < -0.3 is 14.6 Å². The molecule has 1 aromatic carbocycles. The molecule has 17 heavy (non-hydrogen) atoms. The monoisotopic (exact) mass is 256 g/mol. The van der Waals surface area contributed by atoms with Gasteiger partial charge in [-0.1, -0.05) is 25.4 Å². The van der Waals surface area contributed by atoms with E-state index in [0.29, 0.717) is 5.02 Å². The Bertz CT molecular complexity index is 402. The maximum Gasteiger partial charge on any atom is 0.210 e. The van der Waals surface area contributed by atoms with Gasteiger partial charge in [-0.25, -0.2) is 0 Å². The van der Waals surface area contributed by atoms with E-state index in [2.05, 4.69) is 0 Å². The van der Waals surface area contributed by atoms with Crippen molar-refractivity contribution in [1.82, 2.24) is 0 Å². The standard InChI is InChI=1S/C13H17ClO3/c1-3-13(4-2)16-11-6-5-9(14)7-10(11)12(8-15)17-13/h5-7,12,15H,3-4,8H2,1-2H3. The lowest BCUT2D eigenvalue weighted by Gasteiger charge is -2.41. The van der Waals surface area contributed by atoms with Crippen molar-refractivity contribution in [2.24, 2.45) is 0 Å². The van der Waals surface area contributed by atoms with Crippen LogP contribution < -0.4 is 4.74 Å². The number of rotatable bonds is 3. The molecule has 2 rings (SSSR count). The molecule has 1 aromatic rings. The average Bonchev–Trinajstić information content (AvgIpc) is 2.37. The summed E-state index contributed by atoms with van der Waals surface area (Å²) in [5, 5.41) is 10.0. The first-order chi connectivity index (χ1) is 8.14. The van der Waals surface area contributed by atoms with E-state index >= 15 is 0 Å². The summed E-state index contributed by atoms with van der Waals surface area (Å²) >= 11 is 5.95. The van der Waals surface area contributed by atoms with Crippen LogP contribution in [0.3, 0.4) is 0 Å². The van der Waals surface area contributed by atoms with Gasteiger partial charge >= 0.3 is 0 Å². The predicted octanol–water partition coefficient (Wildman–Crippen LogP) is 3.30. The Morgan fingerprint density at radius 1 is 1.35 bits per heavy atom. The number of ether oxygens (including phenoxy) is 2. The van der Waals surface area contributed by atoms with Crippen LogP contribution in [0.4, 0.5) is 0 Å². The Morgan fingerprint density at radius 2 is 2.06 bits per heavy atom. The number of halogens is 1. The molecule has 1 unspecified atom stereocenters. The Morgan fingerprint density at radius 3 is 2.65 bits per heavy atom. The van der Waals surface area contributed by atoms with E-state index in [1.807, 2.05) is 19.9 Å². The lowest BCUT2D eigenvalue weighted by molar-refractivity contribution is -0.239. The topological polar surface area (TPSA) is 38.7 Å². The number of aliphatic hydroxyl groups is 1. The molecule has 0 aliphatic carbocycles. The highest BCUT2D eigenvalue weighted by molar-refractivity contribution is 6.30. The Kier molecular flexibility index (Phi) is 3.61. The fourth-order valence-corrected chi connectivity index (χ4v) is 2.29. The van der Waals surface area contributed by atoms with E-state index in [9.17, 15) is 5.11 Å². The summed E-state index contributed by atoms with van der Waals surface area (Å²) in [4.78, 5) is 0. The summed E-state index contributed by atoms with van der Waals surface area (Å²) in [5.41, 5.74) is 0.817. The average molecular weight is 257 g/mol. The zero-order valence-corrected chi connectivity index (χ0v) is 10.8. The van der Waals surface area contributed by atoms with Crippen LogP contribution in [-0.2, 0) is 4.74 Å². The number of hydrogen-bond acceptors (Lipinski definition) is 3. The van der Waals surface area contributed by atoms with Gasteiger partial charge in [0.2, 0.25) is 5.79 Å². The highest BCUT2D eigenvalue weighted by Gasteiger charge is 2.39. The summed E-state index contributed by atoms with van der Waals surface area (Å²) in [6.45, 7) is 3.95. The second-order valence-corrected chi connectivity index (χ2v) is 4.63. The van der Waals surface area contributed by atoms with Crippen LogP contribution >= 0.6 is 11.6 Å². The van der Waals surface area contributed by atoms with E-state index in [1.54, 1.807) is 12.1 Å². The molecule has 0 aromatic heterocycles. The van der Waals surface area contributed by atoms with Crippen LogP contribution in [0.25, 0.3) is 0 Å². The minimum absolute atomic E-state index is 0.0710. The van der Waals surface area contributed by atoms with Crippen LogP contribution in [0.2, 0.25) is 5.02 Å². The summed E-state index contributed by atoms with van der Waals surface area (Å²) in [5.74, 6) is 0.122. The molecule has 0 saturated heterocycles. The van der Waals surface area contributed by atoms with Gasteiger partial charge in [-0.2, -0.15) is 0 Å². The minimum Gasteiger partial charge on any atom is -0.462 e. The second kappa shape index (κ2) is 4.84. The molecule has 3 nitrogen and oxygen atoms in total. The fraction of sp³-hybridized carbons (Fsp3) is 0.538. The van der Waals surface area contributed by atoms with Crippen LogP contribution in [0.5, 0.6) is 5.75 Å². The van der Waals surface area contributed by atoms with E-state index in [4.69, 9.17) is 21.1 Å². The molecule has 1 heterocycles. The van der Waals surface area contributed by atoms with Crippen molar-refractivity contribution in [3.63, 3.8) is 0 Å². The zero-order valence-electron chi connectivity index (χ0n) is 10.1. The molecular weight excluding hydrogens is 240 g/mol. The fourth-order valence-electron chi connectivity index (χ4n) is 2.11. The smallest absolute Gasteiger partial charge is 0.210 e. The molecule has 1 atom stereocenters. The Hall–Kier alpha value is -0.770. The number of aliphatic hydroxyl groups excluding tert-OH is 1. The second-order valence-electron chi connectivity index (χ2n) is 4.19.